The van der Waals surface area contributed by atoms with Crippen LogP contribution in [0.5, 0.6) is 11.5 Å². The van der Waals surface area contributed by atoms with Crippen LogP contribution in [0.25, 0.3) is 0 Å². The second-order valence-electron chi connectivity index (χ2n) is 6.76. The molecule has 3 aromatic carbocycles. The molecular weight excluding hydrogens is 416 g/mol. The quantitative estimate of drug-likeness (QED) is 0.533. The van der Waals surface area contributed by atoms with E-state index in [0.717, 1.165) is 5.56 Å². The zero-order chi connectivity index (χ0) is 22.3. The van der Waals surface area contributed by atoms with Crippen molar-refractivity contribution in [3.63, 3.8) is 0 Å². The summed E-state index contributed by atoms with van der Waals surface area (Å²) in [6.45, 7) is 0. The molecule has 0 radical (unpaired) electrons. The summed E-state index contributed by atoms with van der Waals surface area (Å²) in [4.78, 5) is 13.1. The average molecular weight is 441 g/mol. The molecule has 7 nitrogen and oxygen atoms in total. The molecule has 0 aliphatic rings. The highest BCUT2D eigenvalue weighted by Gasteiger charge is 2.26. The highest BCUT2D eigenvalue weighted by Crippen LogP contribution is 2.19. The molecule has 0 aromatic heterocycles. The SMILES string of the molecule is COc1ccc(S(=O)(=O)NC(Cc2ccccc2)C(=O)Nc2cccc(OC)c2)cc1. The lowest BCUT2D eigenvalue weighted by molar-refractivity contribution is -0.117. The largest absolute Gasteiger partial charge is 0.497 e. The lowest BCUT2D eigenvalue weighted by Gasteiger charge is -2.19. The van der Waals surface area contributed by atoms with Crippen molar-refractivity contribution in [3.05, 3.63) is 84.4 Å². The van der Waals surface area contributed by atoms with Crippen LogP contribution in [-0.4, -0.2) is 34.6 Å². The Morgan fingerprint density at radius 2 is 1.55 bits per heavy atom. The maximum absolute atomic E-state index is 13.0. The molecule has 2 N–H and O–H groups in total. The van der Waals surface area contributed by atoms with Gasteiger partial charge in [0.05, 0.1) is 19.1 Å². The zero-order valence-corrected chi connectivity index (χ0v) is 18.1. The maximum atomic E-state index is 13.0. The molecular formula is C23H24N2O5S. The van der Waals surface area contributed by atoms with Crippen molar-refractivity contribution in [2.75, 3.05) is 19.5 Å². The minimum atomic E-state index is -3.95. The Hall–Kier alpha value is -3.36. The minimum Gasteiger partial charge on any atom is -0.497 e. The smallest absolute Gasteiger partial charge is 0.242 e. The predicted molar refractivity (Wildman–Crippen MR) is 119 cm³/mol. The average Bonchev–Trinajstić information content (AvgIpc) is 2.79. The maximum Gasteiger partial charge on any atom is 0.242 e. The van der Waals surface area contributed by atoms with E-state index in [9.17, 15) is 13.2 Å². The molecule has 162 valence electrons. The molecule has 0 aliphatic carbocycles. The Morgan fingerprint density at radius 1 is 0.871 bits per heavy atom. The number of carbonyl (C=O) groups is 1. The standard InChI is InChI=1S/C23H24N2O5S/c1-29-19-11-13-21(14-12-19)31(27,28)25-22(15-17-7-4-3-5-8-17)23(26)24-18-9-6-10-20(16-18)30-2/h3-14,16,22,25H,15H2,1-2H3,(H,24,26). The first kappa shape index (κ1) is 22.3. The zero-order valence-electron chi connectivity index (χ0n) is 17.2. The fraction of sp³-hybridized carbons (Fsp3) is 0.174. The van der Waals surface area contributed by atoms with E-state index in [1.807, 2.05) is 30.3 Å². The molecule has 0 aliphatic heterocycles. The van der Waals surface area contributed by atoms with Crippen LogP contribution < -0.4 is 19.5 Å². The summed E-state index contributed by atoms with van der Waals surface area (Å²) in [7, 11) is -0.915. The van der Waals surface area contributed by atoms with E-state index in [4.69, 9.17) is 9.47 Å². The molecule has 1 amide bonds. The van der Waals surface area contributed by atoms with E-state index < -0.39 is 22.0 Å². The van der Waals surface area contributed by atoms with Crippen LogP contribution in [-0.2, 0) is 21.2 Å². The van der Waals surface area contributed by atoms with Gasteiger partial charge in [-0.2, -0.15) is 4.72 Å². The fourth-order valence-corrected chi connectivity index (χ4v) is 4.17. The monoisotopic (exact) mass is 440 g/mol. The molecule has 1 unspecified atom stereocenters. The molecule has 0 heterocycles. The van der Waals surface area contributed by atoms with Crippen LogP contribution in [0, 0.1) is 0 Å². The topological polar surface area (TPSA) is 93.7 Å². The van der Waals surface area contributed by atoms with Crippen LogP contribution in [0.15, 0.2) is 83.8 Å². The van der Waals surface area contributed by atoms with Gasteiger partial charge in [-0.05, 0) is 48.4 Å². The number of amides is 1. The summed E-state index contributed by atoms with van der Waals surface area (Å²) in [5.41, 5.74) is 1.33. The van der Waals surface area contributed by atoms with Crippen LogP contribution in [0.2, 0.25) is 0 Å². The summed E-state index contributed by atoms with van der Waals surface area (Å²) >= 11 is 0. The van der Waals surface area contributed by atoms with Crippen molar-refractivity contribution in [2.24, 2.45) is 0 Å². The first-order valence-electron chi connectivity index (χ1n) is 9.56. The number of sulfonamides is 1. The van der Waals surface area contributed by atoms with Gasteiger partial charge in [0.25, 0.3) is 0 Å². The Bertz CT molecular complexity index is 1120. The van der Waals surface area contributed by atoms with Gasteiger partial charge in [-0.15, -0.1) is 0 Å². The molecule has 0 saturated carbocycles. The number of ether oxygens (including phenoxy) is 2. The molecule has 3 aromatic rings. The van der Waals surface area contributed by atoms with Gasteiger partial charge in [-0.3, -0.25) is 4.79 Å². The number of rotatable bonds is 9. The highest BCUT2D eigenvalue weighted by atomic mass is 32.2. The van der Waals surface area contributed by atoms with Crippen molar-refractivity contribution < 1.29 is 22.7 Å². The van der Waals surface area contributed by atoms with Crippen LogP contribution in [0.1, 0.15) is 5.56 Å². The van der Waals surface area contributed by atoms with Gasteiger partial charge in [-0.25, -0.2) is 8.42 Å². The number of methoxy groups -OCH3 is 2. The summed E-state index contributed by atoms with van der Waals surface area (Å²) in [6.07, 6.45) is 0.187. The number of hydrogen-bond acceptors (Lipinski definition) is 5. The van der Waals surface area contributed by atoms with Crippen molar-refractivity contribution in [1.82, 2.24) is 4.72 Å². The number of benzene rings is 3. The van der Waals surface area contributed by atoms with Gasteiger partial charge < -0.3 is 14.8 Å². The van der Waals surface area contributed by atoms with Crippen LogP contribution in [0.3, 0.4) is 0 Å². The van der Waals surface area contributed by atoms with Gasteiger partial charge in [0, 0.05) is 11.8 Å². The molecule has 0 fully saturated rings. The second kappa shape index (κ2) is 10.1. The third kappa shape index (κ3) is 6.07. The van der Waals surface area contributed by atoms with Gasteiger partial charge in [0.2, 0.25) is 15.9 Å². The molecule has 0 saturated heterocycles. The van der Waals surface area contributed by atoms with E-state index in [1.54, 1.807) is 36.4 Å². The number of nitrogens with one attached hydrogen (secondary N) is 2. The normalized spacial score (nSPS) is 12.1. The number of hydrogen-bond donors (Lipinski definition) is 2. The van der Waals surface area contributed by atoms with E-state index in [2.05, 4.69) is 10.0 Å². The molecule has 3 rings (SSSR count). The van der Waals surface area contributed by atoms with E-state index in [-0.39, 0.29) is 11.3 Å². The number of carbonyl (C=O) groups excluding carboxylic acids is 1. The summed E-state index contributed by atoms with van der Waals surface area (Å²) in [6, 6.07) is 21.0. The lowest BCUT2D eigenvalue weighted by Crippen LogP contribution is -2.45. The molecule has 0 spiro atoms. The fourth-order valence-electron chi connectivity index (χ4n) is 2.98. The van der Waals surface area contributed by atoms with Gasteiger partial charge in [0.15, 0.2) is 0 Å². The Balaban J connectivity index is 1.85. The van der Waals surface area contributed by atoms with Crippen molar-refractivity contribution in [3.8, 4) is 11.5 Å². The van der Waals surface area contributed by atoms with Gasteiger partial charge in [0.1, 0.15) is 17.5 Å². The second-order valence-corrected chi connectivity index (χ2v) is 8.47. The van der Waals surface area contributed by atoms with Crippen molar-refractivity contribution in [1.29, 1.82) is 0 Å². The third-order valence-corrected chi connectivity index (χ3v) is 6.09. The van der Waals surface area contributed by atoms with Crippen molar-refractivity contribution >= 4 is 21.6 Å². The lowest BCUT2D eigenvalue weighted by atomic mass is 10.1. The minimum absolute atomic E-state index is 0.0422. The number of anilines is 1. The summed E-state index contributed by atoms with van der Waals surface area (Å²) in [5, 5.41) is 2.76. The molecule has 8 heteroatoms. The Labute approximate surface area is 182 Å². The highest BCUT2D eigenvalue weighted by molar-refractivity contribution is 7.89. The van der Waals surface area contributed by atoms with Crippen LogP contribution in [0.4, 0.5) is 5.69 Å². The molecule has 0 bridgehead atoms. The molecule has 1 atom stereocenters. The first-order valence-corrected chi connectivity index (χ1v) is 11.0. The third-order valence-electron chi connectivity index (χ3n) is 4.60. The van der Waals surface area contributed by atoms with E-state index in [0.29, 0.717) is 17.2 Å². The van der Waals surface area contributed by atoms with Crippen LogP contribution >= 0.6 is 0 Å². The van der Waals surface area contributed by atoms with E-state index >= 15 is 0 Å². The Morgan fingerprint density at radius 3 is 2.19 bits per heavy atom. The first-order chi connectivity index (χ1) is 14.9. The summed E-state index contributed by atoms with van der Waals surface area (Å²) in [5.74, 6) is 0.640. The van der Waals surface area contributed by atoms with Gasteiger partial charge >= 0.3 is 0 Å². The van der Waals surface area contributed by atoms with Gasteiger partial charge in [-0.1, -0.05) is 36.4 Å². The van der Waals surface area contributed by atoms with Crippen molar-refractivity contribution in [2.45, 2.75) is 17.4 Å². The van der Waals surface area contributed by atoms with E-state index in [1.165, 1.54) is 26.4 Å². The Kier molecular flexibility index (Phi) is 7.28. The summed E-state index contributed by atoms with van der Waals surface area (Å²) < 4.78 is 38.7. The predicted octanol–water partition coefficient (Wildman–Crippen LogP) is 3.23. The molecule has 31 heavy (non-hydrogen) atoms.